The van der Waals surface area contributed by atoms with Gasteiger partial charge in [0.1, 0.15) is 0 Å². The SMILES string of the molecule is CCNC(=NCC1CN2CCN1CC2)Nc1cc(OC)c(OC)c(OC)c1. The zero-order chi connectivity index (χ0) is 19.2. The Labute approximate surface area is 161 Å². The zero-order valence-electron chi connectivity index (χ0n) is 16.7. The van der Waals surface area contributed by atoms with Crippen LogP contribution in [0.15, 0.2) is 17.1 Å². The van der Waals surface area contributed by atoms with Crippen LogP contribution >= 0.6 is 0 Å². The summed E-state index contributed by atoms with van der Waals surface area (Å²) in [6.07, 6.45) is 0. The van der Waals surface area contributed by atoms with Crippen molar-refractivity contribution in [1.29, 1.82) is 0 Å². The molecule has 0 spiro atoms. The molecule has 3 fully saturated rings. The third-order valence-electron chi connectivity index (χ3n) is 5.12. The number of methoxy groups -OCH3 is 3. The molecule has 8 heteroatoms. The monoisotopic (exact) mass is 377 g/mol. The predicted molar refractivity (Wildman–Crippen MR) is 108 cm³/mol. The summed E-state index contributed by atoms with van der Waals surface area (Å²) in [7, 11) is 4.83. The standard InChI is InChI=1S/C19H31N5O3/c1-5-20-19(21-12-15-13-23-6-8-24(15)9-7-23)22-14-10-16(25-2)18(27-4)17(11-14)26-3/h10-11,15H,5-9,12-13H2,1-4H3,(H2,20,21,22). The Balaban J connectivity index is 1.73. The fourth-order valence-corrected chi connectivity index (χ4v) is 3.69. The number of hydrogen-bond donors (Lipinski definition) is 2. The first-order valence-corrected chi connectivity index (χ1v) is 9.50. The number of piperazine rings is 3. The Bertz CT molecular complexity index is 634. The van der Waals surface area contributed by atoms with Gasteiger partial charge in [0.25, 0.3) is 0 Å². The largest absolute Gasteiger partial charge is 0.493 e. The van der Waals surface area contributed by atoms with Gasteiger partial charge in [-0.2, -0.15) is 0 Å². The Morgan fingerprint density at radius 1 is 1.07 bits per heavy atom. The van der Waals surface area contributed by atoms with Gasteiger partial charge in [0.05, 0.1) is 27.9 Å². The van der Waals surface area contributed by atoms with Crippen molar-refractivity contribution in [2.24, 2.45) is 4.99 Å². The maximum atomic E-state index is 5.43. The van der Waals surface area contributed by atoms with Crippen molar-refractivity contribution in [3.05, 3.63) is 12.1 Å². The molecule has 3 aliphatic heterocycles. The van der Waals surface area contributed by atoms with Gasteiger partial charge in [0, 0.05) is 63.1 Å². The molecule has 0 radical (unpaired) electrons. The summed E-state index contributed by atoms with van der Waals surface area (Å²) in [5.74, 6) is 2.55. The first kappa shape index (κ1) is 19.6. The summed E-state index contributed by atoms with van der Waals surface area (Å²) in [5.41, 5.74) is 0.832. The number of anilines is 1. The van der Waals surface area contributed by atoms with E-state index in [1.54, 1.807) is 21.3 Å². The van der Waals surface area contributed by atoms with Crippen molar-refractivity contribution in [2.45, 2.75) is 13.0 Å². The number of benzene rings is 1. The van der Waals surface area contributed by atoms with Gasteiger partial charge in [-0.25, -0.2) is 0 Å². The van der Waals surface area contributed by atoms with Crippen molar-refractivity contribution in [2.75, 3.05) is 72.5 Å². The second kappa shape index (κ2) is 9.14. The number of rotatable bonds is 7. The smallest absolute Gasteiger partial charge is 0.203 e. The predicted octanol–water partition coefficient (Wildman–Crippen LogP) is 1.09. The van der Waals surface area contributed by atoms with Crippen LogP contribution in [0.5, 0.6) is 17.2 Å². The summed E-state index contributed by atoms with van der Waals surface area (Å²) in [4.78, 5) is 9.89. The van der Waals surface area contributed by atoms with Crippen molar-refractivity contribution in [3.63, 3.8) is 0 Å². The first-order valence-electron chi connectivity index (χ1n) is 9.50. The highest BCUT2D eigenvalue weighted by Gasteiger charge is 2.31. The second-order valence-corrected chi connectivity index (χ2v) is 6.75. The number of fused-ring (bicyclic) bond motifs is 3. The lowest BCUT2D eigenvalue weighted by Gasteiger charge is -2.47. The van der Waals surface area contributed by atoms with Crippen LogP contribution in [0.25, 0.3) is 0 Å². The van der Waals surface area contributed by atoms with Gasteiger partial charge in [0.15, 0.2) is 17.5 Å². The van der Waals surface area contributed by atoms with Crippen molar-refractivity contribution >= 4 is 11.6 Å². The normalized spacial score (nSPS) is 24.4. The Hall–Kier alpha value is -2.19. The van der Waals surface area contributed by atoms with Crippen molar-refractivity contribution < 1.29 is 14.2 Å². The molecule has 27 heavy (non-hydrogen) atoms. The number of nitrogens with one attached hydrogen (secondary N) is 2. The lowest BCUT2D eigenvalue weighted by Crippen LogP contribution is -2.61. The van der Waals surface area contributed by atoms with Crippen LogP contribution in [0.3, 0.4) is 0 Å². The van der Waals surface area contributed by atoms with Gasteiger partial charge in [-0.3, -0.25) is 14.8 Å². The molecule has 3 aliphatic rings. The van der Waals surface area contributed by atoms with Crippen molar-refractivity contribution in [3.8, 4) is 17.2 Å². The molecule has 1 atom stereocenters. The molecule has 0 aliphatic carbocycles. The highest BCUT2D eigenvalue weighted by Crippen LogP contribution is 2.39. The molecule has 3 heterocycles. The van der Waals surface area contributed by atoms with Crippen LogP contribution in [-0.2, 0) is 0 Å². The second-order valence-electron chi connectivity index (χ2n) is 6.75. The molecular weight excluding hydrogens is 346 g/mol. The number of aliphatic imine (C=N–C) groups is 1. The van der Waals surface area contributed by atoms with E-state index in [4.69, 9.17) is 19.2 Å². The molecule has 1 aromatic rings. The third kappa shape index (κ3) is 4.56. The molecule has 1 aromatic carbocycles. The number of ether oxygens (including phenoxy) is 3. The molecule has 0 aromatic heterocycles. The fourth-order valence-electron chi connectivity index (χ4n) is 3.69. The van der Waals surface area contributed by atoms with E-state index in [9.17, 15) is 0 Å². The van der Waals surface area contributed by atoms with Gasteiger partial charge in [-0.05, 0) is 6.92 Å². The van der Waals surface area contributed by atoms with Gasteiger partial charge in [0.2, 0.25) is 5.75 Å². The summed E-state index contributed by atoms with van der Waals surface area (Å²) in [5, 5.41) is 6.67. The molecule has 3 saturated heterocycles. The van der Waals surface area contributed by atoms with E-state index in [1.165, 1.54) is 13.1 Å². The number of hydrogen-bond acceptors (Lipinski definition) is 6. The Kier molecular flexibility index (Phi) is 6.63. The van der Waals surface area contributed by atoms with Crippen LogP contribution in [0.1, 0.15) is 6.92 Å². The topological polar surface area (TPSA) is 70.6 Å². The Morgan fingerprint density at radius 3 is 2.22 bits per heavy atom. The molecule has 4 rings (SSSR count). The highest BCUT2D eigenvalue weighted by atomic mass is 16.5. The molecular formula is C19H31N5O3. The molecule has 8 nitrogen and oxygen atoms in total. The molecule has 2 bridgehead atoms. The maximum Gasteiger partial charge on any atom is 0.203 e. The van der Waals surface area contributed by atoms with E-state index in [1.807, 2.05) is 12.1 Å². The van der Waals surface area contributed by atoms with Gasteiger partial charge < -0.3 is 24.8 Å². The molecule has 2 N–H and O–H groups in total. The quantitative estimate of drug-likeness (QED) is 0.544. The van der Waals surface area contributed by atoms with E-state index in [-0.39, 0.29) is 0 Å². The van der Waals surface area contributed by atoms with E-state index in [0.29, 0.717) is 23.3 Å². The summed E-state index contributed by atoms with van der Waals surface area (Å²) >= 11 is 0. The maximum absolute atomic E-state index is 5.43. The molecule has 1 unspecified atom stereocenters. The molecule has 0 amide bonds. The summed E-state index contributed by atoms with van der Waals surface area (Å²) in [6, 6.07) is 4.25. The van der Waals surface area contributed by atoms with E-state index in [2.05, 4.69) is 27.4 Å². The molecule has 150 valence electrons. The molecule has 0 saturated carbocycles. The van der Waals surface area contributed by atoms with Crippen LogP contribution in [0, 0.1) is 0 Å². The third-order valence-corrected chi connectivity index (χ3v) is 5.12. The summed E-state index contributed by atoms with van der Waals surface area (Å²) < 4.78 is 16.3. The van der Waals surface area contributed by atoms with E-state index >= 15 is 0 Å². The number of nitrogens with zero attached hydrogens (tertiary/aromatic N) is 3. The first-order chi connectivity index (χ1) is 13.2. The minimum absolute atomic E-state index is 0.489. The summed E-state index contributed by atoms with van der Waals surface area (Å²) in [6.45, 7) is 9.40. The average Bonchev–Trinajstić information content (AvgIpc) is 2.72. The zero-order valence-corrected chi connectivity index (χ0v) is 16.7. The lowest BCUT2D eigenvalue weighted by atomic mass is 10.1. The van der Waals surface area contributed by atoms with Gasteiger partial charge >= 0.3 is 0 Å². The highest BCUT2D eigenvalue weighted by molar-refractivity contribution is 5.94. The van der Waals surface area contributed by atoms with E-state index < -0.39 is 0 Å². The van der Waals surface area contributed by atoms with Crippen molar-refractivity contribution in [1.82, 2.24) is 15.1 Å². The lowest BCUT2D eigenvalue weighted by molar-refractivity contribution is 0.0174. The Morgan fingerprint density at radius 2 is 1.74 bits per heavy atom. The fraction of sp³-hybridized carbons (Fsp3) is 0.632. The minimum Gasteiger partial charge on any atom is -0.493 e. The van der Waals surface area contributed by atoms with E-state index in [0.717, 1.165) is 44.4 Å². The van der Waals surface area contributed by atoms with Gasteiger partial charge in [-0.15, -0.1) is 0 Å². The minimum atomic E-state index is 0.489. The average molecular weight is 377 g/mol. The van der Waals surface area contributed by atoms with Crippen LogP contribution < -0.4 is 24.8 Å². The van der Waals surface area contributed by atoms with Gasteiger partial charge in [-0.1, -0.05) is 0 Å². The van der Waals surface area contributed by atoms with Crippen LogP contribution in [-0.4, -0.2) is 88.9 Å². The van der Waals surface area contributed by atoms with Crippen LogP contribution in [0.2, 0.25) is 0 Å². The number of guanidine groups is 1. The van der Waals surface area contributed by atoms with Crippen LogP contribution in [0.4, 0.5) is 5.69 Å².